The van der Waals surface area contributed by atoms with Crippen LogP contribution in [-0.2, 0) is 6.54 Å². The lowest BCUT2D eigenvalue weighted by molar-refractivity contribution is -0.917. The minimum absolute atomic E-state index is 0.0386. The van der Waals surface area contributed by atoms with Gasteiger partial charge in [0.25, 0.3) is 11.6 Å². The molecule has 146 valence electrons. The average Bonchev–Trinajstić information content (AvgIpc) is 3.15. The number of carbonyl (C=O) groups is 1. The van der Waals surface area contributed by atoms with Gasteiger partial charge in [0, 0.05) is 16.7 Å². The molecule has 1 N–H and O–H groups in total. The fraction of sp³-hybridized carbons (Fsp3) is 0.316. The van der Waals surface area contributed by atoms with Gasteiger partial charge in [-0.1, -0.05) is 11.6 Å². The molecule has 1 amide bonds. The number of rotatable bonds is 4. The smallest absolute Gasteiger partial charge is 0.282 e. The summed E-state index contributed by atoms with van der Waals surface area (Å²) in [6, 6.07) is 9.99. The quantitative estimate of drug-likeness (QED) is 0.616. The number of benzene rings is 2. The summed E-state index contributed by atoms with van der Waals surface area (Å²) in [6.07, 6.45) is 0. The zero-order chi connectivity index (χ0) is 19.7. The molecule has 1 fully saturated rings. The van der Waals surface area contributed by atoms with Gasteiger partial charge in [0.2, 0.25) is 6.79 Å². The van der Waals surface area contributed by atoms with Crippen LogP contribution in [0.15, 0.2) is 36.4 Å². The molecule has 0 bridgehead atoms. The maximum Gasteiger partial charge on any atom is 0.282 e. The Morgan fingerprint density at radius 2 is 1.89 bits per heavy atom. The molecule has 2 aliphatic heterocycles. The van der Waals surface area contributed by atoms with E-state index in [1.54, 1.807) is 4.90 Å². The molecule has 0 atom stereocenters. The van der Waals surface area contributed by atoms with Gasteiger partial charge in [-0.25, -0.2) is 0 Å². The van der Waals surface area contributed by atoms with Crippen LogP contribution in [-0.4, -0.2) is 48.7 Å². The Balaban J connectivity index is 1.40. The van der Waals surface area contributed by atoms with Crippen molar-refractivity contribution in [2.75, 3.05) is 33.0 Å². The van der Waals surface area contributed by atoms with E-state index in [0.717, 1.165) is 36.7 Å². The Morgan fingerprint density at radius 3 is 2.64 bits per heavy atom. The van der Waals surface area contributed by atoms with Gasteiger partial charge in [0.05, 0.1) is 31.1 Å². The number of halogens is 1. The number of nitro benzene ring substituents is 1. The van der Waals surface area contributed by atoms with Gasteiger partial charge in [-0.15, -0.1) is 0 Å². The van der Waals surface area contributed by atoms with E-state index in [4.69, 9.17) is 21.1 Å². The summed E-state index contributed by atoms with van der Waals surface area (Å²) in [5, 5.41) is 11.5. The van der Waals surface area contributed by atoms with E-state index in [0.29, 0.717) is 18.1 Å². The van der Waals surface area contributed by atoms with Crippen molar-refractivity contribution in [1.82, 2.24) is 4.90 Å². The molecule has 0 aromatic heterocycles. The van der Waals surface area contributed by atoms with Gasteiger partial charge in [0.1, 0.15) is 12.1 Å². The number of nitro groups is 1. The predicted octanol–water partition coefficient (Wildman–Crippen LogP) is 1.52. The molecule has 9 heteroatoms. The summed E-state index contributed by atoms with van der Waals surface area (Å²) in [5.41, 5.74) is 0.964. The molecule has 1 saturated heterocycles. The van der Waals surface area contributed by atoms with Gasteiger partial charge in [-0.3, -0.25) is 14.9 Å². The highest BCUT2D eigenvalue weighted by atomic mass is 35.5. The summed E-state index contributed by atoms with van der Waals surface area (Å²) < 4.78 is 10.7. The first-order valence-electron chi connectivity index (χ1n) is 8.96. The number of fused-ring (bicyclic) bond motifs is 1. The molecule has 0 unspecified atom stereocenters. The second kappa shape index (κ2) is 7.65. The maximum atomic E-state index is 12.8. The van der Waals surface area contributed by atoms with Crippen LogP contribution in [0.4, 0.5) is 5.69 Å². The van der Waals surface area contributed by atoms with E-state index in [2.05, 4.69) is 0 Å². The maximum absolute atomic E-state index is 12.8. The Bertz CT molecular complexity index is 928. The van der Waals surface area contributed by atoms with E-state index in [9.17, 15) is 14.9 Å². The Morgan fingerprint density at radius 1 is 1.14 bits per heavy atom. The lowest BCUT2D eigenvalue weighted by atomic mass is 10.1. The van der Waals surface area contributed by atoms with Crippen molar-refractivity contribution >= 4 is 23.2 Å². The van der Waals surface area contributed by atoms with Gasteiger partial charge < -0.3 is 19.3 Å². The normalized spacial score (nSPS) is 16.2. The third-order valence-corrected chi connectivity index (χ3v) is 5.27. The van der Waals surface area contributed by atoms with Crippen molar-refractivity contribution in [3.63, 3.8) is 0 Å². The molecular weight excluding hydrogens is 386 g/mol. The molecule has 2 aromatic carbocycles. The molecule has 4 rings (SSSR count). The van der Waals surface area contributed by atoms with Crippen LogP contribution in [0.5, 0.6) is 11.5 Å². The summed E-state index contributed by atoms with van der Waals surface area (Å²) in [4.78, 5) is 26.5. The first-order chi connectivity index (χ1) is 13.5. The molecule has 0 radical (unpaired) electrons. The van der Waals surface area contributed by atoms with Gasteiger partial charge in [-0.2, -0.15) is 0 Å². The highest BCUT2D eigenvalue weighted by Crippen LogP contribution is 2.32. The number of hydrogen-bond donors (Lipinski definition) is 1. The molecule has 0 spiro atoms. The van der Waals surface area contributed by atoms with E-state index in [1.165, 1.54) is 23.1 Å². The standard InChI is InChI=1S/C19H18ClN3O5/c20-14-2-3-16(23(25)26)15(10-14)19(24)22-7-5-21(6-8-22)11-13-1-4-17-18(9-13)28-12-27-17/h1-4,9-10H,5-8,11-12H2/p+1. The summed E-state index contributed by atoms with van der Waals surface area (Å²) >= 11 is 5.94. The lowest BCUT2D eigenvalue weighted by Gasteiger charge is -2.32. The molecule has 2 aromatic rings. The lowest BCUT2D eigenvalue weighted by Crippen LogP contribution is -3.13. The van der Waals surface area contributed by atoms with Gasteiger partial charge in [0.15, 0.2) is 11.5 Å². The molecule has 2 aliphatic rings. The zero-order valence-electron chi connectivity index (χ0n) is 15.0. The fourth-order valence-corrected chi connectivity index (χ4v) is 3.72. The first-order valence-corrected chi connectivity index (χ1v) is 9.34. The fourth-order valence-electron chi connectivity index (χ4n) is 3.55. The average molecular weight is 405 g/mol. The molecule has 0 aliphatic carbocycles. The van der Waals surface area contributed by atoms with Crippen molar-refractivity contribution in [3.8, 4) is 11.5 Å². The van der Waals surface area contributed by atoms with Crippen LogP contribution >= 0.6 is 11.6 Å². The molecule has 2 heterocycles. The minimum atomic E-state index is -0.551. The second-order valence-corrected chi connectivity index (χ2v) is 7.26. The predicted molar refractivity (Wildman–Crippen MR) is 101 cm³/mol. The zero-order valence-corrected chi connectivity index (χ0v) is 15.8. The summed E-state index contributed by atoms with van der Waals surface area (Å²) in [6.45, 7) is 3.64. The third kappa shape index (κ3) is 3.74. The number of piperazine rings is 1. The number of nitrogens with zero attached hydrogens (tertiary/aromatic N) is 2. The summed E-state index contributed by atoms with van der Waals surface area (Å²) in [5.74, 6) is 1.17. The van der Waals surface area contributed by atoms with Crippen molar-refractivity contribution in [2.45, 2.75) is 6.54 Å². The molecule has 28 heavy (non-hydrogen) atoms. The van der Waals surface area contributed by atoms with Crippen LogP contribution in [0.25, 0.3) is 0 Å². The largest absolute Gasteiger partial charge is 0.454 e. The second-order valence-electron chi connectivity index (χ2n) is 6.83. The number of hydrogen-bond acceptors (Lipinski definition) is 5. The van der Waals surface area contributed by atoms with Gasteiger partial charge in [-0.05, 0) is 30.3 Å². The monoisotopic (exact) mass is 404 g/mol. The highest BCUT2D eigenvalue weighted by molar-refractivity contribution is 6.31. The van der Waals surface area contributed by atoms with Crippen LogP contribution in [0.1, 0.15) is 15.9 Å². The number of amides is 1. The molecule has 0 saturated carbocycles. The highest BCUT2D eigenvalue weighted by Gasteiger charge is 2.29. The number of nitrogens with one attached hydrogen (secondary N) is 1. The number of quaternary nitrogens is 1. The Kier molecular flexibility index (Phi) is 5.06. The van der Waals surface area contributed by atoms with Crippen LogP contribution in [0.2, 0.25) is 5.02 Å². The topological polar surface area (TPSA) is 86.4 Å². The van der Waals surface area contributed by atoms with Crippen LogP contribution in [0, 0.1) is 10.1 Å². The van der Waals surface area contributed by atoms with E-state index in [1.807, 2.05) is 18.2 Å². The van der Waals surface area contributed by atoms with Gasteiger partial charge >= 0.3 is 0 Å². The van der Waals surface area contributed by atoms with Crippen molar-refractivity contribution in [1.29, 1.82) is 0 Å². The Labute approximate surface area is 166 Å². The van der Waals surface area contributed by atoms with Crippen molar-refractivity contribution in [3.05, 3.63) is 62.7 Å². The number of carbonyl (C=O) groups excluding carboxylic acids is 1. The van der Waals surface area contributed by atoms with Crippen molar-refractivity contribution in [2.24, 2.45) is 0 Å². The van der Waals surface area contributed by atoms with E-state index in [-0.39, 0.29) is 24.0 Å². The van der Waals surface area contributed by atoms with E-state index >= 15 is 0 Å². The minimum Gasteiger partial charge on any atom is -0.454 e. The number of ether oxygens (including phenoxy) is 2. The van der Waals surface area contributed by atoms with Crippen molar-refractivity contribution < 1.29 is 24.1 Å². The molecular formula is C19H19ClN3O5+. The van der Waals surface area contributed by atoms with Crippen LogP contribution in [0.3, 0.4) is 0 Å². The molecule has 8 nitrogen and oxygen atoms in total. The van der Waals surface area contributed by atoms with Crippen LogP contribution < -0.4 is 14.4 Å². The summed E-state index contributed by atoms with van der Waals surface area (Å²) in [7, 11) is 0. The SMILES string of the molecule is O=C(c1cc(Cl)ccc1[N+](=O)[O-])N1CC[NH+](Cc2ccc3c(c2)OCO3)CC1. The first kappa shape index (κ1) is 18.5. The van der Waals surface area contributed by atoms with E-state index < -0.39 is 4.92 Å². The Hall–Kier alpha value is -2.84. The third-order valence-electron chi connectivity index (χ3n) is 5.03.